The summed E-state index contributed by atoms with van der Waals surface area (Å²) >= 11 is 0. The van der Waals surface area contributed by atoms with Crippen LogP contribution in [0.15, 0.2) is 53.4 Å². The molecule has 164 valence electrons. The summed E-state index contributed by atoms with van der Waals surface area (Å²) in [6, 6.07) is 13.7. The second-order valence-electron chi connectivity index (χ2n) is 7.35. The Morgan fingerprint density at radius 3 is 2.50 bits per heavy atom. The highest BCUT2D eigenvalue weighted by molar-refractivity contribution is 7.89. The standard InChI is InChI=1S/C21H28N2O6S/c1-28-18-9-8-16(12-19(18)29-2)10-11-22-14-21(25)15-23(13-20(21)24)30(26,27)17-6-4-3-5-7-17/h3-9,12,20,22,24-25H,10-11,13-15H2,1-2H3/t20-,21+/m1/s1. The van der Waals surface area contributed by atoms with E-state index in [0.29, 0.717) is 24.5 Å². The highest BCUT2D eigenvalue weighted by Crippen LogP contribution is 2.28. The van der Waals surface area contributed by atoms with Gasteiger partial charge in [0.05, 0.1) is 25.2 Å². The summed E-state index contributed by atoms with van der Waals surface area (Å²) in [5.41, 5.74) is -0.535. The number of methoxy groups -OCH3 is 2. The zero-order valence-electron chi connectivity index (χ0n) is 17.1. The SMILES string of the molecule is COc1ccc(CCNC[C@]2(O)CN(S(=O)(=O)c3ccccc3)C[C@H]2O)cc1OC. The fraction of sp³-hybridized carbons (Fsp3) is 0.429. The summed E-state index contributed by atoms with van der Waals surface area (Å²) in [5, 5.41) is 24.3. The molecular formula is C21H28N2O6S. The smallest absolute Gasteiger partial charge is 0.243 e. The first kappa shape index (κ1) is 22.5. The first-order valence-electron chi connectivity index (χ1n) is 9.67. The number of nitrogens with one attached hydrogen (secondary N) is 1. The first-order valence-corrected chi connectivity index (χ1v) is 11.1. The molecule has 0 radical (unpaired) electrons. The van der Waals surface area contributed by atoms with Crippen LogP contribution in [0.2, 0.25) is 0 Å². The van der Waals surface area contributed by atoms with Gasteiger partial charge in [-0.15, -0.1) is 0 Å². The van der Waals surface area contributed by atoms with Crippen molar-refractivity contribution in [3.8, 4) is 11.5 Å². The maximum absolute atomic E-state index is 12.8. The van der Waals surface area contributed by atoms with E-state index in [2.05, 4.69) is 5.32 Å². The number of ether oxygens (including phenoxy) is 2. The number of rotatable bonds is 9. The van der Waals surface area contributed by atoms with Crippen LogP contribution in [0, 0.1) is 0 Å². The Hall–Kier alpha value is -2.17. The topological polar surface area (TPSA) is 108 Å². The Bertz CT molecular complexity index is 953. The molecule has 1 saturated heterocycles. The van der Waals surface area contributed by atoms with Crippen LogP contribution >= 0.6 is 0 Å². The predicted octanol–water partition coefficient (Wildman–Crippen LogP) is 0.632. The molecule has 0 spiro atoms. The van der Waals surface area contributed by atoms with Crippen molar-refractivity contribution in [2.45, 2.75) is 23.0 Å². The highest BCUT2D eigenvalue weighted by atomic mass is 32.2. The van der Waals surface area contributed by atoms with Gasteiger partial charge in [0.25, 0.3) is 0 Å². The van der Waals surface area contributed by atoms with Crippen molar-refractivity contribution in [3.63, 3.8) is 0 Å². The zero-order valence-corrected chi connectivity index (χ0v) is 17.9. The summed E-state index contributed by atoms with van der Waals surface area (Å²) in [4.78, 5) is 0.142. The van der Waals surface area contributed by atoms with Crippen molar-refractivity contribution in [2.24, 2.45) is 0 Å². The number of sulfonamides is 1. The summed E-state index contributed by atoms with van der Waals surface area (Å²) in [6.07, 6.45) is -0.511. The quantitative estimate of drug-likeness (QED) is 0.495. The molecule has 0 amide bonds. The maximum Gasteiger partial charge on any atom is 0.243 e. The van der Waals surface area contributed by atoms with Gasteiger partial charge in [0.2, 0.25) is 10.0 Å². The molecular weight excluding hydrogens is 408 g/mol. The van der Waals surface area contributed by atoms with Gasteiger partial charge in [-0.2, -0.15) is 4.31 Å². The number of hydrogen-bond donors (Lipinski definition) is 3. The molecule has 1 aliphatic heterocycles. The van der Waals surface area contributed by atoms with Gasteiger partial charge in [0, 0.05) is 19.6 Å². The van der Waals surface area contributed by atoms with E-state index >= 15 is 0 Å². The van der Waals surface area contributed by atoms with Gasteiger partial charge in [-0.25, -0.2) is 8.42 Å². The zero-order chi connectivity index (χ0) is 21.8. The molecule has 1 aliphatic rings. The maximum atomic E-state index is 12.8. The van der Waals surface area contributed by atoms with E-state index in [9.17, 15) is 18.6 Å². The average Bonchev–Trinajstić information content (AvgIpc) is 3.07. The van der Waals surface area contributed by atoms with Gasteiger partial charge in [-0.3, -0.25) is 0 Å². The Labute approximate surface area is 177 Å². The minimum Gasteiger partial charge on any atom is -0.493 e. The lowest BCUT2D eigenvalue weighted by molar-refractivity contribution is -0.0380. The molecule has 9 heteroatoms. The van der Waals surface area contributed by atoms with Crippen molar-refractivity contribution in [2.75, 3.05) is 40.4 Å². The van der Waals surface area contributed by atoms with Crippen molar-refractivity contribution in [1.82, 2.24) is 9.62 Å². The average molecular weight is 437 g/mol. The highest BCUT2D eigenvalue weighted by Gasteiger charge is 2.48. The normalized spacial score (nSPS) is 22.2. The molecule has 0 aliphatic carbocycles. The number of β-amino-alcohol motifs (C(OH)–C–C–N with tert-alkyl or cyclic N) is 2. The Kier molecular flexibility index (Phi) is 6.99. The largest absolute Gasteiger partial charge is 0.493 e. The van der Waals surface area contributed by atoms with E-state index in [4.69, 9.17) is 9.47 Å². The Morgan fingerprint density at radius 1 is 1.13 bits per heavy atom. The molecule has 2 aromatic carbocycles. The van der Waals surface area contributed by atoms with E-state index in [1.165, 1.54) is 12.1 Å². The first-order chi connectivity index (χ1) is 14.3. The summed E-state index contributed by atoms with van der Waals surface area (Å²) < 4.78 is 37.2. The molecule has 8 nitrogen and oxygen atoms in total. The fourth-order valence-electron chi connectivity index (χ4n) is 3.51. The van der Waals surface area contributed by atoms with Crippen molar-refractivity contribution in [3.05, 3.63) is 54.1 Å². The van der Waals surface area contributed by atoms with E-state index in [-0.39, 0.29) is 24.5 Å². The van der Waals surface area contributed by atoms with Gasteiger partial charge in [-0.1, -0.05) is 24.3 Å². The number of aliphatic hydroxyl groups is 2. The minimum absolute atomic E-state index is 0.0717. The summed E-state index contributed by atoms with van der Waals surface area (Å²) in [6.45, 7) is 0.290. The van der Waals surface area contributed by atoms with Gasteiger partial charge in [0.15, 0.2) is 11.5 Å². The fourth-order valence-corrected chi connectivity index (χ4v) is 5.04. The third kappa shape index (κ3) is 4.76. The molecule has 2 aromatic rings. The van der Waals surface area contributed by atoms with E-state index in [1.807, 2.05) is 18.2 Å². The van der Waals surface area contributed by atoms with Crippen molar-refractivity contribution < 1.29 is 28.1 Å². The van der Waals surface area contributed by atoms with Crippen LogP contribution in [0.1, 0.15) is 5.56 Å². The lowest BCUT2D eigenvalue weighted by Gasteiger charge is -2.26. The molecule has 30 heavy (non-hydrogen) atoms. The van der Waals surface area contributed by atoms with Crippen molar-refractivity contribution >= 4 is 10.0 Å². The number of hydrogen-bond acceptors (Lipinski definition) is 7. The van der Waals surface area contributed by atoms with Gasteiger partial charge < -0.3 is 25.0 Å². The number of benzene rings is 2. The molecule has 0 aromatic heterocycles. The number of nitrogens with zero attached hydrogens (tertiary/aromatic N) is 1. The van der Waals surface area contributed by atoms with Crippen LogP contribution in [0.5, 0.6) is 11.5 Å². The molecule has 2 atom stereocenters. The molecule has 3 N–H and O–H groups in total. The second kappa shape index (κ2) is 9.32. The van der Waals surface area contributed by atoms with E-state index < -0.39 is 21.7 Å². The number of aliphatic hydroxyl groups excluding tert-OH is 1. The Balaban J connectivity index is 1.57. The van der Waals surface area contributed by atoms with Crippen molar-refractivity contribution in [1.29, 1.82) is 0 Å². The lowest BCUT2D eigenvalue weighted by atomic mass is 10.0. The molecule has 3 rings (SSSR count). The van der Waals surface area contributed by atoms with Gasteiger partial charge >= 0.3 is 0 Å². The molecule has 1 fully saturated rings. The van der Waals surface area contributed by atoms with Crippen LogP contribution in [-0.4, -0.2) is 75.0 Å². The van der Waals surface area contributed by atoms with Crippen LogP contribution in [0.4, 0.5) is 0 Å². The Morgan fingerprint density at radius 2 is 1.83 bits per heavy atom. The van der Waals surface area contributed by atoms with Crippen LogP contribution in [-0.2, 0) is 16.4 Å². The molecule has 1 heterocycles. The molecule has 0 unspecified atom stereocenters. The molecule has 0 bridgehead atoms. The van der Waals surface area contributed by atoms with Gasteiger partial charge in [0.1, 0.15) is 5.60 Å². The summed E-state index contributed by atoms with van der Waals surface area (Å²) in [5.74, 6) is 1.29. The third-order valence-electron chi connectivity index (χ3n) is 5.30. The van der Waals surface area contributed by atoms with Gasteiger partial charge in [-0.05, 0) is 42.8 Å². The predicted molar refractivity (Wildman–Crippen MR) is 112 cm³/mol. The van der Waals surface area contributed by atoms with Crippen LogP contribution in [0.3, 0.4) is 0 Å². The second-order valence-corrected chi connectivity index (χ2v) is 9.28. The van der Waals surface area contributed by atoms with E-state index in [0.717, 1.165) is 9.87 Å². The van der Waals surface area contributed by atoms with E-state index in [1.54, 1.807) is 32.4 Å². The summed E-state index contributed by atoms with van der Waals surface area (Å²) in [7, 11) is -0.618. The molecule has 0 saturated carbocycles. The van der Waals surface area contributed by atoms with Crippen LogP contribution in [0.25, 0.3) is 0 Å². The lowest BCUT2D eigenvalue weighted by Crippen LogP contribution is -2.50. The third-order valence-corrected chi connectivity index (χ3v) is 7.12. The minimum atomic E-state index is -3.77. The monoisotopic (exact) mass is 436 g/mol. The van der Waals surface area contributed by atoms with Crippen LogP contribution < -0.4 is 14.8 Å².